The quantitative estimate of drug-likeness (QED) is 0.712. The highest BCUT2D eigenvalue weighted by Gasteiger charge is 2.33. The van der Waals surface area contributed by atoms with Gasteiger partial charge in [-0.25, -0.2) is 8.42 Å². The van der Waals surface area contributed by atoms with Crippen LogP contribution in [0, 0.1) is 0 Å². The van der Waals surface area contributed by atoms with Gasteiger partial charge in [0.1, 0.15) is 11.5 Å². The molecule has 2 heterocycles. The second kappa shape index (κ2) is 8.63. The molecule has 1 atom stereocenters. The number of phenolic OH excluding ortho intramolecular Hbond substituents is 1. The molecule has 2 aliphatic rings. The summed E-state index contributed by atoms with van der Waals surface area (Å²) in [6.45, 7) is 10.4. The van der Waals surface area contributed by atoms with Crippen LogP contribution in [0.3, 0.4) is 0 Å². The molecule has 6 nitrogen and oxygen atoms in total. The normalized spacial score (nSPS) is 23.4. The number of benzene rings is 1. The molecule has 1 N–H and O–H groups in total. The van der Waals surface area contributed by atoms with Gasteiger partial charge in [-0.1, -0.05) is 6.08 Å². The predicted octanol–water partition coefficient (Wildman–Crippen LogP) is 1.82. The third kappa shape index (κ3) is 5.03. The van der Waals surface area contributed by atoms with E-state index in [-0.39, 0.29) is 6.04 Å². The lowest BCUT2D eigenvalue weighted by Crippen LogP contribution is -2.50. The SMILES string of the molecule is C=CCc1cc(OCC)cc(CN2CCN(C3CCS(=O)(=O)C3)CC2)c1O. The Hall–Kier alpha value is -1.57. The lowest BCUT2D eigenvalue weighted by molar-refractivity contribution is 0.0994. The third-order valence-corrected chi connectivity index (χ3v) is 7.19. The van der Waals surface area contributed by atoms with Crippen LogP contribution in [0.1, 0.15) is 24.5 Å². The predicted molar refractivity (Wildman–Crippen MR) is 107 cm³/mol. The summed E-state index contributed by atoms with van der Waals surface area (Å²) >= 11 is 0. The van der Waals surface area contributed by atoms with Gasteiger partial charge in [0.15, 0.2) is 9.84 Å². The van der Waals surface area contributed by atoms with E-state index in [2.05, 4.69) is 16.4 Å². The summed E-state index contributed by atoms with van der Waals surface area (Å²) in [5.41, 5.74) is 1.70. The van der Waals surface area contributed by atoms with E-state index in [0.717, 1.165) is 49.5 Å². The van der Waals surface area contributed by atoms with E-state index >= 15 is 0 Å². The van der Waals surface area contributed by atoms with Crippen molar-refractivity contribution in [3.05, 3.63) is 35.9 Å². The van der Waals surface area contributed by atoms with Crippen LogP contribution >= 0.6 is 0 Å². The van der Waals surface area contributed by atoms with Crippen LogP contribution in [0.25, 0.3) is 0 Å². The summed E-state index contributed by atoms with van der Waals surface area (Å²) in [5.74, 6) is 1.72. The average molecular weight is 395 g/mol. The van der Waals surface area contributed by atoms with Crippen LogP contribution in [0.5, 0.6) is 11.5 Å². The fraction of sp³-hybridized carbons (Fsp3) is 0.600. The number of allylic oxidation sites excluding steroid dienone is 1. The van der Waals surface area contributed by atoms with Crippen molar-refractivity contribution in [1.82, 2.24) is 9.80 Å². The number of aromatic hydroxyl groups is 1. The standard InChI is InChI=1S/C20H30N2O4S/c1-3-5-16-12-19(26-4-2)13-17(20(16)23)14-21-7-9-22(10-8-21)18-6-11-27(24,25)15-18/h3,12-13,18,23H,1,4-11,14-15H2,2H3. The molecule has 0 spiro atoms. The van der Waals surface area contributed by atoms with Crippen molar-refractivity contribution >= 4 is 9.84 Å². The van der Waals surface area contributed by atoms with Gasteiger partial charge < -0.3 is 9.84 Å². The molecule has 1 aromatic rings. The van der Waals surface area contributed by atoms with Crippen LogP contribution in [-0.4, -0.2) is 73.7 Å². The number of phenols is 1. The molecule has 3 rings (SSSR count). The molecule has 1 unspecified atom stereocenters. The zero-order valence-electron chi connectivity index (χ0n) is 16.1. The number of ether oxygens (including phenoxy) is 1. The highest BCUT2D eigenvalue weighted by Crippen LogP contribution is 2.31. The van der Waals surface area contributed by atoms with E-state index in [9.17, 15) is 13.5 Å². The largest absolute Gasteiger partial charge is 0.507 e. The molecule has 27 heavy (non-hydrogen) atoms. The first kappa shape index (κ1) is 20.2. The van der Waals surface area contributed by atoms with Gasteiger partial charge in [-0.2, -0.15) is 0 Å². The molecule has 2 aliphatic heterocycles. The summed E-state index contributed by atoms with van der Waals surface area (Å²) < 4.78 is 29.1. The zero-order chi connectivity index (χ0) is 19.4. The molecule has 0 radical (unpaired) electrons. The van der Waals surface area contributed by atoms with Gasteiger partial charge >= 0.3 is 0 Å². The maximum absolute atomic E-state index is 11.7. The Labute approximate surface area is 162 Å². The average Bonchev–Trinajstić information content (AvgIpc) is 3.00. The summed E-state index contributed by atoms with van der Waals surface area (Å²) in [7, 11) is -2.84. The first-order chi connectivity index (χ1) is 12.9. The zero-order valence-corrected chi connectivity index (χ0v) is 16.9. The molecule has 150 valence electrons. The first-order valence-corrected chi connectivity index (χ1v) is 11.5. The Morgan fingerprint density at radius 3 is 2.56 bits per heavy atom. The Bertz CT molecular complexity index is 770. The van der Waals surface area contributed by atoms with Crippen LogP contribution in [0.2, 0.25) is 0 Å². The van der Waals surface area contributed by atoms with Gasteiger partial charge in [0, 0.05) is 49.9 Å². The number of rotatable bonds is 7. The van der Waals surface area contributed by atoms with E-state index in [1.165, 1.54) is 0 Å². The maximum Gasteiger partial charge on any atom is 0.151 e. The summed E-state index contributed by atoms with van der Waals surface area (Å²) in [6.07, 6.45) is 3.14. The second-order valence-electron chi connectivity index (χ2n) is 7.38. The van der Waals surface area contributed by atoms with Crippen LogP contribution in [0.4, 0.5) is 0 Å². The number of nitrogens with zero attached hydrogens (tertiary/aromatic N) is 2. The van der Waals surface area contributed by atoms with Crippen molar-refractivity contribution in [1.29, 1.82) is 0 Å². The minimum atomic E-state index is -2.84. The smallest absolute Gasteiger partial charge is 0.151 e. The van der Waals surface area contributed by atoms with E-state index in [4.69, 9.17) is 4.74 Å². The Morgan fingerprint density at radius 2 is 1.96 bits per heavy atom. The third-order valence-electron chi connectivity index (χ3n) is 5.44. The van der Waals surface area contributed by atoms with Crippen LogP contribution < -0.4 is 4.74 Å². The highest BCUT2D eigenvalue weighted by molar-refractivity contribution is 7.91. The van der Waals surface area contributed by atoms with Crippen molar-refractivity contribution in [2.75, 3.05) is 44.3 Å². The summed E-state index contributed by atoms with van der Waals surface area (Å²) in [4.78, 5) is 4.61. The van der Waals surface area contributed by atoms with E-state index in [1.54, 1.807) is 6.08 Å². The van der Waals surface area contributed by atoms with Crippen molar-refractivity contribution in [3.63, 3.8) is 0 Å². The van der Waals surface area contributed by atoms with Gasteiger partial charge in [-0.3, -0.25) is 9.80 Å². The van der Waals surface area contributed by atoms with Gasteiger partial charge in [-0.15, -0.1) is 6.58 Å². The molecule has 2 fully saturated rings. The van der Waals surface area contributed by atoms with Crippen molar-refractivity contribution < 1.29 is 18.3 Å². The monoisotopic (exact) mass is 394 g/mol. The Balaban J connectivity index is 1.63. The topological polar surface area (TPSA) is 70.1 Å². The van der Waals surface area contributed by atoms with Gasteiger partial charge in [0.25, 0.3) is 0 Å². The molecule has 1 aromatic carbocycles. The fourth-order valence-electron chi connectivity index (χ4n) is 4.00. The second-order valence-corrected chi connectivity index (χ2v) is 9.61. The van der Waals surface area contributed by atoms with E-state index < -0.39 is 9.84 Å². The van der Waals surface area contributed by atoms with Crippen LogP contribution in [0.15, 0.2) is 24.8 Å². The summed E-state index contributed by atoms with van der Waals surface area (Å²) in [5, 5.41) is 10.6. The molecular formula is C20H30N2O4S. The van der Waals surface area contributed by atoms with Crippen molar-refractivity contribution in [3.8, 4) is 11.5 Å². The number of sulfone groups is 1. The molecule has 0 aliphatic carbocycles. The molecule has 0 saturated carbocycles. The van der Waals surface area contributed by atoms with E-state index in [1.807, 2.05) is 19.1 Å². The minimum absolute atomic E-state index is 0.172. The molecular weight excluding hydrogens is 364 g/mol. The van der Waals surface area contributed by atoms with Gasteiger partial charge in [0.2, 0.25) is 0 Å². The van der Waals surface area contributed by atoms with Crippen LogP contribution in [-0.2, 0) is 22.8 Å². The Morgan fingerprint density at radius 1 is 1.26 bits per heavy atom. The molecule has 7 heteroatoms. The van der Waals surface area contributed by atoms with Gasteiger partial charge in [-0.05, 0) is 31.9 Å². The first-order valence-electron chi connectivity index (χ1n) is 9.67. The summed E-state index contributed by atoms with van der Waals surface area (Å²) in [6, 6.07) is 3.97. The number of piperazine rings is 1. The molecule has 0 aromatic heterocycles. The van der Waals surface area contributed by atoms with Crippen molar-refractivity contribution in [2.24, 2.45) is 0 Å². The molecule has 0 bridgehead atoms. The maximum atomic E-state index is 11.7. The number of hydrogen-bond acceptors (Lipinski definition) is 6. The Kier molecular flexibility index (Phi) is 6.44. The lowest BCUT2D eigenvalue weighted by Gasteiger charge is -2.37. The van der Waals surface area contributed by atoms with Crippen molar-refractivity contribution in [2.45, 2.75) is 32.4 Å². The number of hydrogen-bond donors (Lipinski definition) is 1. The molecule has 2 saturated heterocycles. The van der Waals surface area contributed by atoms with Gasteiger partial charge in [0.05, 0.1) is 18.1 Å². The highest BCUT2D eigenvalue weighted by atomic mass is 32.2. The minimum Gasteiger partial charge on any atom is -0.507 e. The van der Waals surface area contributed by atoms with E-state index in [0.29, 0.717) is 36.8 Å². The molecule has 0 amide bonds. The lowest BCUT2D eigenvalue weighted by atomic mass is 10.0. The fourth-order valence-corrected chi connectivity index (χ4v) is 5.76.